The Bertz CT molecular complexity index is 711. The van der Waals surface area contributed by atoms with Crippen LogP contribution in [0.25, 0.3) is 5.57 Å². The van der Waals surface area contributed by atoms with Gasteiger partial charge in [-0.25, -0.2) is 4.98 Å². The minimum atomic E-state index is -0.246. The largest absolute Gasteiger partial charge is 0.382 e. The second kappa shape index (κ2) is 10.6. The number of hydrogen-bond acceptors (Lipinski definition) is 6. The van der Waals surface area contributed by atoms with E-state index in [1.807, 2.05) is 0 Å². The number of likely N-dealkylation sites (tertiary alicyclic amines) is 1. The molecule has 1 aromatic heterocycles. The SMILES string of the molecule is C=C1c2nc(NCCCC)nc(N)c2NC(=O)C1CCCCN1CCCCCC1. The van der Waals surface area contributed by atoms with Gasteiger partial charge in [0, 0.05) is 6.54 Å². The molecule has 1 saturated heterocycles. The molecule has 1 amide bonds. The molecule has 4 N–H and O–H groups in total. The van der Waals surface area contributed by atoms with Crippen LogP contribution in [0, 0.1) is 5.92 Å². The summed E-state index contributed by atoms with van der Waals surface area (Å²) in [5.41, 5.74) is 8.01. The van der Waals surface area contributed by atoms with Crippen molar-refractivity contribution in [1.29, 1.82) is 0 Å². The Kier molecular flexibility index (Phi) is 7.86. The van der Waals surface area contributed by atoms with Crippen LogP contribution in [-0.2, 0) is 4.79 Å². The van der Waals surface area contributed by atoms with Crippen LogP contribution < -0.4 is 16.4 Å². The van der Waals surface area contributed by atoms with Crippen molar-refractivity contribution in [3.05, 3.63) is 12.3 Å². The van der Waals surface area contributed by atoms with Crippen LogP contribution >= 0.6 is 0 Å². The zero-order valence-corrected chi connectivity index (χ0v) is 17.8. The van der Waals surface area contributed by atoms with Crippen LogP contribution in [0.15, 0.2) is 6.58 Å². The second-order valence-electron chi connectivity index (χ2n) is 8.26. The van der Waals surface area contributed by atoms with E-state index >= 15 is 0 Å². The molecular formula is C22H36N6O. The van der Waals surface area contributed by atoms with Crippen molar-refractivity contribution in [2.45, 2.75) is 64.7 Å². The number of fused-ring (bicyclic) bond motifs is 1. The first kappa shape index (κ1) is 21.6. The lowest BCUT2D eigenvalue weighted by molar-refractivity contribution is -0.118. The maximum atomic E-state index is 12.6. The smallest absolute Gasteiger partial charge is 0.232 e. The highest BCUT2D eigenvalue weighted by Crippen LogP contribution is 2.38. The molecule has 7 heteroatoms. The van der Waals surface area contributed by atoms with E-state index in [1.54, 1.807) is 0 Å². The number of nitrogens with one attached hydrogen (secondary N) is 2. The summed E-state index contributed by atoms with van der Waals surface area (Å²) in [4.78, 5) is 24.1. The van der Waals surface area contributed by atoms with Gasteiger partial charge in [0.05, 0.1) is 11.6 Å². The van der Waals surface area contributed by atoms with Gasteiger partial charge < -0.3 is 21.3 Å². The fourth-order valence-electron chi connectivity index (χ4n) is 4.17. The van der Waals surface area contributed by atoms with Crippen molar-refractivity contribution in [3.8, 4) is 0 Å². The minimum absolute atomic E-state index is 0.0423. The molecule has 7 nitrogen and oxygen atoms in total. The Morgan fingerprint density at radius 2 is 1.93 bits per heavy atom. The highest BCUT2D eigenvalue weighted by Gasteiger charge is 2.32. The molecule has 160 valence electrons. The quantitative estimate of drug-likeness (QED) is 0.544. The molecule has 1 fully saturated rings. The summed E-state index contributed by atoms with van der Waals surface area (Å²) >= 11 is 0. The van der Waals surface area contributed by atoms with E-state index in [0.29, 0.717) is 23.1 Å². The zero-order valence-electron chi connectivity index (χ0n) is 17.8. The van der Waals surface area contributed by atoms with Crippen LogP contribution in [0.2, 0.25) is 0 Å². The Balaban J connectivity index is 1.57. The average Bonchev–Trinajstić information content (AvgIpc) is 2.97. The highest BCUT2D eigenvalue weighted by molar-refractivity contribution is 6.08. The molecule has 1 unspecified atom stereocenters. The number of unbranched alkanes of at least 4 members (excludes halogenated alkanes) is 2. The second-order valence-corrected chi connectivity index (χ2v) is 8.26. The molecule has 1 atom stereocenters. The third kappa shape index (κ3) is 5.69. The van der Waals surface area contributed by atoms with Crippen molar-refractivity contribution in [2.24, 2.45) is 5.92 Å². The van der Waals surface area contributed by atoms with Gasteiger partial charge in [-0.3, -0.25) is 4.79 Å². The zero-order chi connectivity index (χ0) is 20.6. The summed E-state index contributed by atoms with van der Waals surface area (Å²) in [5, 5.41) is 6.13. The maximum Gasteiger partial charge on any atom is 0.232 e. The highest BCUT2D eigenvalue weighted by atomic mass is 16.2. The van der Waals surface area contributed by atoms with Gasteiger partial charge in [0.25, 0.3) is 0 Å². The van der Waals surface area contributed by atoms with Crippen LogP contribution in [-0.4, -0.2) is 47.0 Å². The van der Waals surface area contributed by atoms with E-state index in [2.05, 4.69) is 39.0 Å². The first-order valence-electron chi connectivity index (χ1n) is 11.2. The van der Waals surface area contributed by atoms with Gasteiger partial charge in [-0.1, -0.05) is 39.2 Å². The summed E-state index contributed by atoms with van der Waals surface area (Å²) in [6.07, 6.45) is 10.4. The fraction of sp³-hybridized carbons (Fsp3) is 0.682. The molecule has 3 heterocycles. The molecular weight excluding hydrogens is 364 g/mol. The molecule has 1 aromatic rings. The van der Waals surface area contributed by atoms with Gasteiger partial charge in [0.2, 0.25) is 11.9 Å². The van der Waals surface area contributed by atoms with E-state index < -0.39 is 0 Å². The number of nitrogens with zero attached hydrogens (tertiary/aromatic N) is 3. The van der Waals surface area contributed by atoms with E-state index in [4.69, 9.17) is 5.73 Å². The van der Waals surface area contributed by atoms with Crippen LogP contribution in [0.3, 0.4) is 0 Å². The van der Waals surface area contributed by atoms with E-state index in [-0.39, 0.29) is 11.8 Å². The van der Waals surface area contributed by atoms with Gasteiger partial charge in [-0.15, -0.1) is 0 Å². The predicted molar refractivity (Wildman–Crippen MR) is 120 cm³/mol. The van der Waals surface area contributed by atoms with Crippen LogP contribution in [0.1, 0.15) is 70.4 Å². The maximum absolute atomic E-state index is 12.6. The van der Waals surface area contributed by atoms with Crippen molar-refractivity contribution >= 4 is 28.9 Å². The van der Waals surface area contributed by atoms with Gasteiger partial charge in [-0.05, 0) is 57.3 Å². The number of aromatic nitrogens is 2. The van der Waals surface area contributed by atoms with Gasteiger partial charge in [-0.2, -0.15) is 4.98 Å². The summed E-state index contributed by atoms with van der Waals surface area (Å²) in [6, 6.07) is 0. The van der Waals surface area contributed by atoms with Crippen molar-refractivity contribution in [2.75, 3.05) is 42.5 Å². The third-order valence-electron chi connectivity index (χ3n) is 5.96. The molecule has 0 spiro atoms. The number of carbonyl (C=O) groups is 1. The molecule has 29 heavy (non-hydrogen) atoms. The first-order chi connectivity index (χ1) is 14.1. The first-order valence-corrected chi connectivity index (χ1v) is 11.2. The summed E-state index contributed by atoms with van der Waals surface area (Å²) < 4.78 is 0. The monoisotopic (exact) mass is 400 g/mol. The fourth-order valence-corrected chi connectivity index (χ4v) is 4.17. The lowest BCUT2D eigenvalue weighted by atomic mass is 9.87. The van der Waals surface area contributed by atoms with Gasteiger partial charge >= 0.3 is 0 Å². The summed E-state index contributed by atoms with van der Waals surface area (Å²) in [6.45, 7) is 10.7. The summed E-state index contributed by atoms with van der Waals surface area (Å²) in [7, 11) is 0. The molecule has 2 aliphatic rings. The van der Waals surface area contributed by atoms with Crippen molar-refractivity contribution < 1.29 is 4.79 Å². The number of nitrogen functional groups attached to an aromatic ring is 1. The normalized spacial score (nSPS) is 20.1. The van der Waals surface area contributed by atoms with Crippen molar-refractivity contribution in [1.82, 2.24) is 14.9 Å². The molecule has 3 rings (SSSR count). The molecule has 2 aliphatic heterocycles. The number of carbonyl (C=O) groups excluding carboxylic acids is 1. The number of nitrogens with two attached hydrogens (primary N) is 1. The number of amides is 1. The topological polar surface area (TPSA) is 96.2 Å². The Morgan fingerprint density at radius 3 is 2.66 bits per heavy atom. The van der Waals surface area contributed by atoms with Crippen molar-refractivity contribution in [3.63, 3.8) is 0 Å². The molecule has 0 aliphatic carbocycles. The molecule has 0 aromatic carbocycles. The van der Waals surface area contributed by atoms with E-state index in [1.165, 1.54) is 38.8 Å². The Hall–Kier alpha value is -2.15. The van der Waals surface area contributed by atoms with E-state index in [9.17, 15) is 4.79 Å². The average molecular weight is 401 g/mol. The molecule has 0 bridgehead atoms. The Labute approximate surface area is 174 Å². The van der Waals surface area contributed by atoms with Crippen LogP contribution in [0.5, 0.6) is 0 Å². The minimum Gasteiger partial charge on any atom is -0.382 e. The molecule has 0 radical (unpaired) electrons. The van der Waals surface area contributed by atoms with Gasteiger partial charge in [0.1, 0.15) is 5.69 Å². The number of hydrogen-bond donors (Lipinski definition) is 3. The lowest BCUT2D eigenvalue weighted by Crippen LogP contribution is -2.31. The van der Waals surface area contributed by atoms with Gasteiger partial charge in [0.15, 0.2) is 5.82 Å². The van der Waals surface area contributed by atoms with E-state index in [0.717, 1.165) is 50.8 Å². The lowest BCUT2D eigenvalue weighted by Gasteiger charge is -2.27. The third-order valence-corrected chi connectivity index (χ3v) is 5.96. The van der Waals surface area contributed by atoms with Crippen LogP contribution in [0.4, 0.5) is 17.5 Å². The Morgan fingerprint density at radius 1 is 1.17 bits per heavy atom. The predicted octanol–water partition coefficient (Wildman–Crippen LogP) is 3.90. The molecule has 0 saturated carbocycles. The summed E-state index contributed by atoms with van der Waals surface area (Å²) in [5.74, 6) is 0.513. The standard InChI is InChI=1S/C22H36N6O/c1-3-4-12-24-22-26-18-16(2)17(21(29)25-19(18)20(23)27-22)11-7-10-15-28-13-8-5-6-9-14-28/h17H,2-15H2,1H3,(H,25,29)(H3,23,24,26,27). The number of anilines is 3. The number of rotatable bonds is 9.